The molecule has 0 bridgehead atoms. The normalized spacial score (nSPS) is 10.5. The molecule has 146 valence electrons. The van der Waals surface area contributed by atoms with Crippen LogP contribution >= 0.6 is 0 Å². The van der Waals surface area contributed by atoms with Crippen LogP contribution in [0.5, 0.6) is 5.75 Å². The van der Waals surface area contributed by atoms with Crippen LogP contribution in [0.1, 0.15) is 62.7 Å². The van der Waals surface area contributed by atoms with Crippen molar-refractivity contribution in [1.82, 2.24) is 0 Å². The van der Waals surface area contributed by atoms with Crippen LogP contribution in [0.2, 0.25) is 0 Å². The van der Waals surface area contributed by atoms with E-state index >= 15 is 0 Å². The van der Waals surface area contributed by atoms with Crippen molar-refractivity contribution in [3.63, 3.8) is 0 Å². The average Bonchev–Trinajstić information content (AvgIpc) is 2.60. The fourth-order valence-electron chi connectivity index (χ4n) is 2.61. The highest BCUT2D eigenvalue weighted by Crippen LogP contribution is 2.35. The molecule has 0 aliphatic carbocycles. The number of nitro benzene ring substituents is 1. The first-order valence-corrected chi connectivity index (χ1v) is 9.22. The third-order valence-electron chi connectivity index (χ3n) is 4.01. The lowest BCUT2D eigenvalue weighted by atomic mass is 10.1. The lowest BCUT2D eigenvalue weighted by Gasteiger charge is -2.19. The Kier molecular flexibility index (Phi) is 9.47. The third-order valence-corrected chi connectivity index (χ3v) is 4.01. The van der Waals surface area contributed by atoms with Gasteiger partial charge in [-0.3, -0.25) is 10.1 Å². The molecule has 1 rings (SSSR count). The Morgan fingerprint density at radius 2 is 1.77 bits per heavy atom. The second kappa shape index (κ2) is 11.3. The highest BCUT2D eigenvalue weighted by atomic mass is 16.6. The number of esters is 1. The predicted octanol–water partition coefficient (Wildman–Crippen LogP) is 4.58. The van der Waals surface area contributed by atoms with Gasteiger partial charge in [0.1, 0.15) is 11.3 Å². The molecule has 0 spiro atoms. The van der Waals surface area contributed by atoms with Gasteiger partial charge in [0, 0.05) is 14.1 Å². The lowest BCUT2D eigenvalue weighted by Crippen LogP contribution is -2.15. The average molecular weight is 366 g/mol. The van der Waals surface area contributed by atoms with Crippen LogP contribution in [-0.2, 0) is 4.74 Å². The van der Waals surface area contributed by atoms with Crippen LogP contribution in [-0.4, -0.2) is 38.2 Å². The number of carbonyl (C=O) groups excluding carboxylic acids is 1. The number of nitrogens with zero attached hydrogens (tertiary/aromatic N) is 2. The van der Waals surface area contributed by atoms with Crippen molar-refractivity contribution in [2.45, 2.75) is 52.4 Å². The van der Waals surface area contributed by atoms with E-state index in [1.54, 1.807) is 25.9 Å². The van der Waals surface area contributed by atoms with Gasteiger partial charge < -0.3 is 14.4 Å². The largest absolute Gasteiger partial charge is 0.491 e. The van der Waals surface area contributed by atoms with Gasteiger partial charge in [-0.2, -0.15) is 0 Å². The molecular formula is C19H30N2O5. The van der Waals surface area contributed by atoms with E-state index in [2.05, 4.69) is 6.92 Å². The smallest absolute Gasteiger partial charge is 0.345 e. The fourth-order valence-corrected chi connectivity index (χ4v) is 2.61. The van der Waals surface area contributed by atoms with Crippen LogP contribution in [0.4, 0.5) is 11.4 Å². The summed E-state index contributed by atoms with van der Waals surface area (Å²) in [6.45, 7) is 4.49. The fraction of sp³-hybridized carbons (Fsp3) is 0.632. The molecule has 0 aliphatic heterocycles. The first kappa shape index (κ1) is 21.7. The van der Waals surface area contributed by atoms with Crippen molar-refractivity contribution in [2.24, 2.45) is 0 Å². The Morgan fingerprint density at radius 1 is 1.12 bits per heavy atom. The van der Waals surface area contributed by atoms with Crippen LogP contribution in [0, 0.1) is 10.1 Å². The molecule has 0 N–H and O–H groups in total. The summed E-state index contributed by atoms with van der Waals surface area (Å²) >= 11 is 0. The number of unbranched alkanes of at least 4 members (excludes halogenated alkanes) is 5. The summed E-state index contributed by atoms with van der Waals surface area (Å²) in [7, 11) is 3.60. The van der Waals surface area contributed by atoms with Crippen molar-refractivity contribution in [3.05, 3.63) is 27.8 Å². The molecule has 0 fully saturated rings. The molecule has 26 heavy (non-hydrogen) atoms. The Labute approximate surface area is 155 Å². The van der Waals surface area contributed by atoms with Crippen molar-refractivity contribution < 1.29 is 19.2 Å². The van der Waals surface area contributed by atoms with Gasteiger partial charge in [-0.15, -0.1) is 0 Å². The second-order valence-corrected chi connectivity index (χ2v) is 6.33. The number of anilines is 1. The zero-order valence-corrected chi connectivity index (χ0v) is 16.2. The highest BCUT2D eigenvalue weighted by Gasteiger charge is 2.25. The lowest BCUT2D eigenvalue weighted by molar-refractivity contribution is -0.385. The molecule has 0 atom stereocenters. The molecule has 7 heteroatoms. The van der Waals surface area contributed by atoms with Crippen LogP contribution in [0.25, 0.3) is 0 Å². The Bertz CT molecular complexity index is 602. The predicted molar refractivity (Wildman–Crippen MR) is 102 cm³/mol. The first-order chi connectivity index (χ1) is 12.4. The molecule has 0 radical (unpaired) electrons. The van der Waals surface area contributed by atoms with Gasteiger partial charge in [-0.05, 0) is 19.4 Å². The molecule has 1 aromatic rings. The number of rotatable bonds is 12. The maximum atomic E-state index is 12.1. The van der Waals surface area contributed by atoms with Crippen LogP contribution in [0.15, 0.2) is 12.1 Å². The van der Waals surface area contributed by atoms with E-state index in [0.29, 0.717) is 18.0 Å². The molecule has 1 aromatic carbocycles. The number of nitro groups is 1. The third kappa shape index (κ3) is 6.54. The summed E-state index contributed by atoms with van der Waals surface area (Å²) in [4.78, 5) is 24.6. The van der Waals surface area contributed by atoms with E-state index in [0.717, 1.165) is 12.8 Å². The number of benzene rings is 1. The van der Waals surface area contributed by atoms with E-state index in [-0.39, 0.29) is 17.9 Å². The summed E-state index contributed by atoms with van der Waals surface area (Å²) in [6.07, 6.45) is 6.80. The zero-order chi connectivity index (χ0) is 19.5. The van der Waals surface area contributed by atoms with Crippen LogP contribution in [0.3, 0.4) is 0 Å². The van der Waals surface area contributed by atoms with E-state index in [9.17, 15) is 14.9 Å². The Morgan fingerprint density at radius 3 is 2.35 bits per heavy atom. The van der Waals surface area contributed by atoms with Gasteiger partial charge in [-0.1, -0.05) is 39.0 Å². The minimum absolute atomic E-state index is 0.0625. The van der Waals surface area contributed by atoms with Gasteiger partial charge in [-0.25, -0.2) is 4.79 Å². The Hall–Kier alpha value is -2.31. The monoisotopic (exact) mass is 366 g/mol. The van der Waals surface area contributed by atoms with Crippen molar-refractivity contribution in [3.8, 4) is 5.75 Å². The topological polar surface area (TPSA) is 81.9 Å². The van der Waals surface area contributed by atoms with E-state index in [1.807, 2.05) is 0 Å². The zero-order valence-electron chi connectivity index (χ0n) is 16.2. The molecule has 0 aliphatic rings. The summed E-state index contributed by atoms with van der Waals surface area (Å²) in [5.74, 6) is -0.298. The first-order valence-electron chi connectivity index (χ1n) is 9.22. The van der Waals surface area contributed by atoms with Crippen molar-refractivity contribution >= 4 is 17.3 Å². The Balaban J connectivity index is 2.91. The molecule has 0 saturated carbocycles. The summed E-state index contributed by atoms with van der Waals surface area (Å²) < 4.78 is 10.7. The maximum absolute atomic E-state index is 12.1. The quantitative estimate of drug-likeness (QED) is 0.233. The summed E-state index contributed by atoms with van der Waals surface area (Å²) in [5, 5.41) is 11.4. The summed E-state index contributed by atoms with van der Waals surface area (Å²) in [6, 6.07) is 2.78. The maximum Gasteiger partial charge on any atom is 0.345 e. The second-order valence-electron chi connectivity index (χ2n) is 6.33. The van der Waals surface area contributed by atoms with E-state index < -0.39 is 10.9 Å². The van der Waals surface area contributed by atoms with Crippen LogP contribution < -0.4 is 9.64 Å². The van der Waals surface area contributed by atoms with Gasteiger partial charge in [0.15, 0.2) is 0 Å². The molecule has 0 aromatic heterocycles. The standard InChI is InChI=1S/C19H30N2O5/c1-5-7-8-9-10-11-12-26-18-14-16(21(23)24)15(19(22)25-6-2)13-17(18)20(3)4/h13-14H,5-12H2,1-4H3. The minimum atomic E-state index is -0.704. The molecule has 0 unspecified atom stereocenters. The molecular weight excluding hydrogens is 336 g/mol. The van der Waals surface area contributed by atoms with Crippen molar-refractivity contribution in [2.75, 3.05) is 32.2 Å². The number of carbonyl (C=O) groups is 1. The van der Waals surface area contributed by atoms with Gasteiger partial charge >= 0.3 is 5.97 Å². The minimum Gasteiger partial charge on any atom is -0.491 e. The van der Waals surface area contributed by atoms with E-state index in [1.165, 1.54) is 37.8 Å². The van der Waals surface area contributed by atoms with Gasteiger partial charge in [0.05, 0.1) is 29.9 Å². The number of hydrogen-bond donors (Lipinski definition) is 0. The van der Waals surface area contributed by atoms with E-state index in [4.69, 9.17) is 9.47 Å². The number of hydrogen-bond acceptors (Lipinski definition) is 6. The van der Waals surface area contributed by atoms with Crippen molar-refractivity contribution in [1.29, 1.82) is 0 Å². The van der Waals surface area contributed by atoms with Gasteiger partial charge in [0.25, 0.3) is 5.69 Å². The van der Waals surface area contributed by atoms with Gasteiger partial charge in [0.2, 0.25) is 0 Å². The highest BCUT2D eigenvalue weighted by molar-refractivity contribution is 5.96. The SMILES string of the molecule is CCCCCCCCOc1cc([N+](=O)[O-])c(C(=O)OCC)cc1N(C)C. The molecule has 0 amide bonds. The molecule has 0 heterocycles. The summed E-state index contributed by atoms with van der Waals surface area (Å²) in [5.41, 5.74) is 0.254. The molecule has 7 nitrogen and oxygen atoms in total. The molecule has 0 saturated heterocycles. The number of ether oxygens (including phenoxy) is 2.